The number of carbonyl (C=O) groups is 6. The number of imidazole rings is 1. The number of aromatic hydroxyl groups is 1. The van der Waals surface area contributed by atoms with E-state index in [9.17, 15) is 44.1 Å². The number of carbonyl (C=O) groups excluding carboxylic acids is 4. The summed E-state index contributed by atoms with van der Waals surface area (Å²) < 4.78 is 0. The van der Waals surface area contributed by atoms with Gasteiger partial charge in [-0.15, -0.1) is 0 Å². The monoisotopic (exact) mass is 561 g/mol. The lowest BCUT2D eigenvalue weighted by molar-refractivity contribution is -0.143. The molecule has 0 spiro atoms. The van der Waals surface area contributed by atoms with Crippen molar-refractivity contribution < 1.29 is 44.1 Å². The second-order valence-corrected chi connectivity index (χ2v) is 8.88. The van der Waals surface area contributed by atoms with Crippen molar-refractivity contribution in [3.05, 3.63) is 48.0 Å². The molecule has 1 aromatic heterocycles. The van der Waals surface area contributed by atoms with Crippen molar-refractivity contribution in [2.24, 2.45) is 11.5 Å². The Kier molecular flexibility index (Phi) is 11.6. The Labute approximate surface area is 227 Å². The topological polar surface area (TPSA) is 280 Å². The van der Waals surface area contributed by atoms with Crippen molar-refractivity contribution in [3.63, 3.8) is 0 Å². The first-order chi connectivity index (χ1) is 18.8. The van der Waals surface area contributed by atoms with E-state index >= 15 is 0 Å². The van der Waals surface area contributed by atoms with Crippen LogP contribution in [-0.4, -0.2) is 85.0 Å². The Morgan fingerprint density at radius 3 is 2.02 bits per heavy atom. The van der Waals surface area contributed by atoms with Crippen LogP contribution in [0.4, 0.5) is 0 Å². The number of carboxylic acids is 2. The van der Waals surface area contributed by atoms with Crippen molar-refractivity contribution in [1.82, 2.24) is 25.9 Å². The standard InChI is InChI=1S/C24H31N7O9/c25-15(8-13-10-27-11-28-13)21(36)30-17(9-20(34)35)23(38)29-16(5-6-19(26)33)22(37)31-18(24(39)40)7-12-1-3-14(32)4-2-12/h1-4,10-11,15-18,32H,5-9,25H2,(H2,26,33)(H,27,28)(H,29,38)(H,30,36)(H,31,37)(H,34,35)(H,39,40). The van der Waals surface area contributed by atoms with Crippen LogP contribution in [0.3, 0.4) is 0 Å². The van der Waals surface area contributed by atoms with Crippen LogP contribution in [0.5, 0.6) is 5.75 Å². The van der Waals surface area contributed by atoms with Crippen molar-refractivity contribution in [2.45, 2.75) is 56.3 Å². The van der Waals surface area contributed by atoms with Gasteiger partial charge >= 0.3 is 11.9 Å². The first kappa shape index (κ1) is 31.2. The quantitative estimate of drug-likeness (QED) is 0.103. The SMILES string of the molecule is NC(=O)CCC(NC(=O)C(CC(=O)O)NC(=O)C(N)Cc1cnc[nH]1)C(=O)NC(Cc1ccc(O)cc1)C(=O)O. The van der Waals surface area contributed by atoms with Gasteiger partial charge in [-0.1, -0.05) is 12.1 Å². The molecular weight excluding hydrogens is 530 g/mol. The predicted octanol–water partition coefficient (Wildman–Crippen LogP) is -2.49. The zero-order valence-corrected chi connectivity index (χ0v) is 21.2. The average molecular weight is 562 g/mol. The van der Waals surface area contributed by atoms with Gasteiger partial charge in [-0.2, -0.15) is 0 Å². The lowest BCUT2D eigenvalue weighted by atomic mass is 10.0. The Bertz CT molecular complexity index is 1200. The molecule has 0 radical (unpaired) electrons. The molecule has 4 amide bonds. The first-order valence-corrected chi connectivity index (χ1v) is 12.0. The summed E-state index contributed by atoms with van der Waals surface area (Å²) in [5.41, 5.74) is 12.0. The van der Waals surface area contributed by atoms with Crippen LogP contribution in [0, 0.1) is 0 Å². The predicted molar refractivity (Wildman–Crippen MR) is 136 cm³/mol. The van der Waals surface area contributed by atoms with E-state index in [1.165, 1.54) is 36.8 Å². The first-order valence-electron chi connectivity index (χ1n) is 12.0. The highest BCUT2D eigenvalue weighted by Gasteiger charge is 2.31. The molecule has 216 valence electrons. The third-order valence-electron chi connectivity index (χ3n) is 5.65. The summed E-state index contributed by atoms with van der Waals surface area (Å²) in [6.07, 6.45) is 1.06. The molecule has 0 aliphatic rings. The second-order valence-electron chi connectivity index (χ2n) is 8.88. The van der Waals surface area contributed by atoms with Gasteiger partial charge in [-0.3, -0.25) is 24.0 Å². The third kappa shape index (κ3) is 10.4. The number of aromatic amines is 1. The summed E-state index contributed by atoms with van der Waals surface area (Å²) in [5, 5.41) is 35.0. The number of primary amides is 1. The number of nitrogens with zero attached hydrogens (tertiary/aromatic N) is 1. The summed E-state index contributed by atoms with van der Waals surface area (Å²) >= 11 is 0. The summed E-state index contributed by atoms with van der Waals surface area (Å²) in [4.78, 5) is 79.6. The van der Waals surface area contributed by atoms with E-state index in [1.807, 2.05) is 0 Å². The minimum absolute atomic E-state index is 0.00843. The van der Waals surface area contributed by atoms with E-state index in [-0.39, 0.29) is 31.4 Å². The number of aromatic nitrogens is 2. The van der Waals surface area contributed by atoms with Crippen LogP contribution in [0.15, 0.2) is 36.8 Å². The minimum atomic E-state index is -1.66. The summed E-state index contributed by atoms with van der Waals surface area (Å²) in [6, 6.07) is -0.203. The van der Waals surface area contributed by atoms with Crippen LogP contribution in [0.2, 0.25) is 0 Å². The van der Waals surface area contributed by atoms with Gasteiger partial charge in [0.1, 0.15) is 23.9 Å². The number of hydrogen-bond acceptors (Lipinski definition) is 9. The molecule has 1 aromatic carbocycles. The number of phenolic OH excluding ortho intramolecular Hbond substituents is 1. The van der Waals surface area contributed by atoms with E-state index in [1.54, 1.807) is 0 Å². The molecule has 0 fully saturated rings. The highest BCUT2D eigenvalue weighted by molar-refractivity contribution is 5.96. The number of hydrogen-bond donors (Lipinski definition) is 9. The molecule has 11 N–H and O–H groups in total. The molecule has 0 aliphatic heterocycles. The Morgan fingerprint density at radius 1 is 0.875 bits per heavy atom. The Balaban J connectivity index is 2.15. The van der Waals surface area contributed by atoms with Gasteiger partial charge < -0.3 is 47.7 Å². The number of carboxylic acid groups (broad SMARTS) is 2. The van der Waals surface area contributed by atoms with Gasteiger partial charge in [0.05, 0.1) is 18.8 Å². The second kappa shape index (κ2) is 14.8. The number of H-pyrrole nitrogens is 1. The van der Waals surface area contributed by atoms with Crippen LogP contribution < -0.4 is 27.4 Å². The molecule has 40 heavy (non-hydrogen) atoms. The molecule has 2 rings (SSSR count). The highest BCUT2D eigenvalue weighted by Crippen LogP contribution is 2.12. The normalized spacial score (nSPS) is 13.7. The van der Waals surface area contributed by atoms with E-state index in [0.29, 0.717) is 11.3 Å². The van der Waals surface area contributed by atoms with Crippen LogP contribution >= 0.6 is 0 Å². The third-order valence-corrected chi connectivity index (χ3v) is 5.65. The number of rotatable bonds is 16. The maximum Gasteiger partial charge on any atom is 0.326 e. The van der Waals surface area contributed by atoms with Crippen LogP contribution in [-0.2, 0) is 41.6 Å². The van der Waals surface area contributed by atoms with Gasteiger partial charge in [0, 0.05) is 31.2 Å². The Hall–Kier alpha value is -4.99. The zero-order chi connectivity index (χ0) is 29.8. The van der Waals surface area contributed by atoms with Crippen LogP contribution in [0.25, 0.3) is 0 Å². The Morgan fingerprint density at radius 2 is 1.48 bits per heavy atom. The number of aliphatic carboxylic acids is 2. The molecule has 4 atom stereocenters. The van der Waals surface area contributed by atoms with Gasteiger partial charge in [-0.25, -0.2) is 9.78 Å². The van der Waals surface area contributed by atoms with Crippen molar-refractivity contribution in [1.29, 1.82) is 0 Å². The van der Waals surface area contributed by atoms with Gasteiger partial charge in [0.15, 0.2) is 0 Å². The highest BCUT2D eigenvalue weighted by atomic mass is 16.4. The molecule has 0 saturated heterocycles. The van der Waals surface area contributed by atoms with Crippen molar-refractivity contribution >= 4 is 35.6 Å². The molecule has 16 nitrogen and oxygen atoms in total. The van der Waals surface area contributed by atoms with E-state index in [4.69, 9.17) is 11.5 Å². The summed E-state index contributed by atoms with van der Waals surface area (Å²) in [5.74, 6) is -6.62. The summed E-state index contributed by atoms with van der Waals surface area (Å²) in [6.45, 7) is 0. The fourth-order valence-electron chi connectivity index (χ4n) is 3.56. The molecule has 0 aliphatic carbocycles. The summed E-state index contributed by atoms with van der Waals surface area (Å²) in [7, 11) is 0. The molecule has 0 saturated carbocycles. The zero-order valence-electron chi connectivity index (χ0n) is 21.2. The number of benzene rings is 1. The van der Waals surface area contributed by atoms with Crippen molar-refractivity contribution in [2.75, 3.05) is 0 Å². The fourth-order valence-corrected chi connectivity index (χ4v) is 3.56. The average Bonchev–Trinajstić information content (AvgIpc) is 3.39. The lowest BCUT2D eigenvalue weighted by Crippen LogP contribution is -2.58. The molecule has 2 aromatic rings. The number of amides is 4. The fraction of sp³-hybridized carbons (Fsp3) is 0.375. The maximum atomic E-state index is 13.0. The van der Waals surface area contributed by atoms with Gasteiger partial charge in [-0.05, 0) is 24.1 Å². The van der Waals surface area contributed by atoms with Crippen molar-refractivity contribution in [3.8, 4) is 5.75 Å². The van der Waals surface area contributed by atoms with E-state index in [2.05, 4.69) is 25.9 Å². The lowest BCUT2D eigenvalue weighted by Gasteiger charge is -2.24. The molecule has 4 unspecified atom stereocenters. The molecular formula is C24H31N7O9. The molecule has 1 heterocycles. The molecule has 0 bridgehead atoms. The maximum absolute atomic E-state index is 13.0. The van der Waals surface area contributed by atoms with Gasteiger partial charge in [0.25, 0.3) is 0 Å². The number of phenols is 1. The number of nitrogens with two attached hydrogens (primary N) is 2. The van der Waals surface area contributed by atoms with Gasteiger partial charge in [0.2, 0.25) is 23.6 Å². The van der Waals surface area contributed by atoms with E-state index < -0.39 is 66.2 Å². The van der Waals surface area contributed by atoms with E-state index in [0.717, 1.165) is 0 Å². The number of nitrogens with one attached hydrogen (secondary N) is 4. The minimum Gasteiger partial charge on any atom is -0.508 e. The molecule has 16 heteroatoms. The van der Waals surface area contributed by atoms with Crippen LogP contribution in [0.1, 0.15) is 30.5 Å². The smallest absolute Gasteiger partial charge is 0.326 e. The largest absolute Gasteiger partial charge is 0.508 e.